The third-order valence-corrected chi connectivity index (χ3v) is 4.26. The van der Waals surface area contributed by atoms with Gasteiger partial charge >= 0.3 is 0 Å². The molecule has 0 fully saturated rings. The molecule has 1 heterocycles. The first kappa shape index (κ1) is 10.9. The number of halogens is 1. The van der Waals surface area contributed by atoms with Crippen LogP contribution in [-0.4, -0.2) is 0 Å². The number of hydrogen-bond donors (Lipinski definition) is 1. The van der Waals surface area contributed by atoms with Crippen molar-refractivity contribution in [1.29, 1.82) is 0 Å². The number of nitrogens with two attached hydrogens (primary N) is 1. The molecule has 2 N–H and O–H groups in total. The summed E-state index contributed by atoms with van der Waals surface area (Å²) < 4.78 is 6.46. The monoisotopic (exact) mass is 331 g/mol. The molecule has 0 radical (unpaired) electrons. The van der Waals surface area contributed by atoms with Gasteiger partial charge in [0.1, 0.15) is 5.76 Å². The van der Waals surface area contributed by atoms with Gasteiger partial charge in [0.05, 0.1) is 12.0 Å². The van der Waals surface area contributed by atoms with Gasteiger partial charge in [-0.15, -0.1) is 11.8 Å². The van der Waals surface area contributed by atoms with Gasteiger partial charge < -0.3 is 10.2 Å². The molecule has 2 aromatic rings. The Hall–Kier alpha value is -0.620. The molecule has 0 aliphatic rings. The maximum atomic E-state index is 5.69. The van der Waals surface area contributed by atoms with Crippen molar-refractivity contribution in [1.82, 2.24) is 0 Å². The normalized spacial score (nSPS) is 10.5. The van der Waals surface area contributed by atoms with Crippen molar-refractivity contribution < 1.29 is 4.42 Å². The fourth-order valence-electron chi connectivity index (χ4n) is 1.18. The van der Waals surface area contributed by atoms with Crippen molar-refractivity contribution in [3.05, 3.63) is 45.9 Å². The van der Waals surface area contributed by atoms with Crippen LogP contribution in [0.5, 0.6) is 0 Å². The Morgan fingerprint density at radius 1 is 1.33 bits per heavy atom. The molecule has 0 saturated heterocycles. The van der Waals surface area contributed by atoms with Crippen LogP contribution in [-0.2, 0) is 5.75 Å². The highest BCUT2D eigenvalue weighted by atomic mass is 127. The average molecular weight is 331 g/mol. The molecular formula is C11H10INOS. The Balaban J connectivity index is 2.05. The Bertz CT molecular complexity index is 442. The van der Waals surface area contributed by atoms with Crippen LogP contribution in [0.2, 0.25) is 0 Å². The van der Waals surface area contributed by atoms with E-state index in [0.29, 0.717) is 0 Å². The van der Waals surface area contributed by atoms with Gasteiger partial charge in [-0.2, -0.15) is 0 Å². The van der Waals surface area contributed by atoms with Crippen molar-refractivity contribution in [3.8, 4) is 0 Å². The van der Waals surface area contributed by atoms with E-state index in [-0.39, 0.29) is 0 Å². The van der Waals surface area contributed by atoms with Gasteiger partial charge in [0.2, 0.25) is 0 Å². The van der Waals surface area contributed by atoms with E-state index < -0.39 is 0 Å². The Kier molecular flexibility index (Phi) is 3.58. The van der Waals surface area contributed by atoms with Crippen LogP contribution >= 0.6 is 34.4 Å². The first-order chi connectivity index (χ1) is 7.25. The van der Waals surface area contributed by atoms with Crippen LogP contribution < -0.4 is 5.73 Å². The minimum absolute atomic E-state index is 0.807. The molecular weight excluding hydrogens is 321 g/mol. The lowest BCUT2D eigenvalue weighted by Crippen LogP contribution is -1.87. The summed E-state index contributed by atoms with van der Waals surface area (Å²) in [5.41, 5.74) is 6.49. The molecule has 1 aromatic heterocycles. The zero-order chi connectivity index (χ0) is 10.7. The van der Waals surface area contributed by atoms with Crippen LogP contribution in [0.15, 0.2) is 45.9 Å². The summed E-state index contributed by atoms with van der Waals surface area (Å²) in [5.74, 6) is 1.85. The summed E-state index contributed by atoms with van der Waals surface area (Å²) in [6.07, 6.45) is 1.70. The molecule has 15 heavy (non-hydrogen) atoms. The fraction of sp³-hybridized carbons (Fsp3) is 0.0909. The number of rotatable bonds is 3. The molecule has 0 saturated carbocycles. The minimum atomic E-state index is 0.807. The van der Waals surface area contributed by atoms with Gasteiger partial charge in [-0.05, 0) is 52.9 Å². The highest BCUT2D eigenvalue weighted by Gasteiger charge is 2.02. The first-order valence-corrected chi connectivity index (χ1v) is 6.52. The van der Waals surface area contributed by atoms with E-state index in [1.54, 1.807) is 18.0 Å². The smallest absolute Gasteiger partial charge is 0.113 e. The Labute approximate surface area is 106 Å². The number of furan rings is 1. The molecule has 0 unspecified atom stereocenters. The second-order valence-electron chi connectivity index (χ2n) is 3.06. The van der Waals surface area contributed by atoms with Gasteiger partial charge in [-0.3, -0.25) is 0 Å². The summed E-state index contributed by atoms with van der Waals surface area (Å²) in [5, 5.41) is 0. The number of thioether (sulfide) groups is 1. The Morgan fingerprint density at radius 3 is 2.87 bits per heavy atom. The average Bonchev–Trinajstić information content (AvgIpc) is 2.69. The molecule has 0 spiro atoms. The van der Waals surface area contributed by atoms with E-state index in [1.807, 2.05) is 30.3 Å². The summed E-state index contributed by atoms with van der Waals surface area (Å²) in [4.78, 5) is 1.24. The number of anilines is 1. The SMILES string of the molecule is Nc1ccc(SCc2ccco2)c(I)c1. The first-order valence-electron chi connectivity index (χ1n) is 4.46. The lowest BCUT2D eigenvalue weighted by Gasteiger charge is -2.03. The van der Waals surface area contributed by atoms with E-state index in [9.17, 15) is 0 Å². The van der Waals surface area contributed by atoms with Gasteiger partial charge in [0, 0.05) is 14.2 Å². The summed E-state index contributed by atoms with van der Waals surface area (Å²) >= 11 is 4.05. The second kappa shape index (κ2) is 4.94. The molecule has 0 aliphatic heterocycles. The van der Waals surface area contributed by atoms with Gasteiger partial charge in [-0.25, -0.2) is 0 Å². The number of benzene rings is 1. The van der Waals surface area contributed by atoms with E-state index in [2.05, 4.69) is 22.6 Å². The minimum Gasteiger partial charge on any atom is -0.468 e. The third kappa shape index (κ3) is 2.92. The van der Waals surface area contributed by atoms with Gasteiger partial charge in [0.25, 0.3) is 0 Å². The second-order valence-corrected chi connectivity index (χ2v) is 5.24. The van der Waals surface area contributed by atoms with Gasteiger partial charge in [0.15, 0.2) is 0 Å². The van der Waals surface area contributed by atoms with Crippen LogP contribution in [0.4, 0.5) is 5.69 Å². The molecule has 78 valence electrons. The molecule has 1 aromatic carbocycles. The zero-order valence-corrected chi connectivity index (χ0v) is 10.9. The fourth-order valence-corrected chi connectivity index (χ4v) is 3.01. The zero-order valence-electron chi connectivity index (χ0n) is 7.94. The molecule has 4 heteroatoms. The van der Waals surface area contributed by atoms with E-state index in [4.69, 9.17) is 10.2 Å². The van der Waals surface area contributed by atoms with Crippen LogP contribution in [0.3, 0.4) is 0 Å². The number of nitrogen functional groups attached to an aromatic ring is 1. The maximum absolute atomic E-state index is 5.69. The molecule has 0 bridgehead atoms. The van der Waals surface area contributed by atoms with E-state index >= 15 is 0 Å². The van der Waals surface area contributed by atoms with Crippen molar-refractivity contribution in [2.75, 3.05) is 5.73 Å². The highest BCUT2D eigenvalue weighted by Crippen LogP contribution is 2.28. The van der Waals surface area contributed by atoms with Gasteiger partial charge in [-0.1, -0.05) is 0 Å². The lowest BCUT2D eigenvalue weighted by molar-refractivity contribution is 0.530. The Morgan fingerprint density at radius 2 is 2.20 bits per heavy atom. The van der Waals surface area contributed by atoms with Crippen LogP contribution in [0.1, 0.15) is 5.76 Å². The summed E-state index contributed by atoms with van der Waals surface area (Å²) in [6, 6.07) is 9.84. The highest BCUT2D eigenvalue weighted by molar-refractivity contribution is 14.1. The summed E-state index contributed by atoms with van der Waals surface area (Å²) in [6.45, 7) is 0. The van der Waals surface area contributed by atoms with Crippen molar-refractivity contribution in [3.63, 3.8) is 0 Å². The summed E-state index contributed by atoms with van der Waals surface area (Å²) in [7, 11) is 0. The largest absolute Gasteiger partial charge is 0.468 e. The molecule has 2 rings (SSSR count). The predicted molar refractivity (Wildman–Crippen MR) is 71.8 cm³/mol. The van der Waals surface area contributed by atoms with Crippen LogP contribution in [0.25, 0.3) is 0 Å². The molecule has 0 atom stereocenters. The van der Waals surface area contributed by atoms with Crippen molar-refractivity contribution in [2.24, 2.45) is 0 Å². The van der Waals surface area contributed by atoms with E-state index in [0.717, 1.165) is 17.2 Å². The van der Waals surface area contributed by atoms with E-state index in [1.165, 1.54) is 8.47 Å². The quantitative estimate of drug-likeness (QED) is 0.529. The lowest BCUT2D eigenvalue weighted by atomic mass is 10.3. The third-order valence-electron chi connectivity index (χ3n) is 1.91. The predicted octanol–water partition coefficient (Wildman–Crippen LogP) is 3.76. The molecule has 0 amide bonds. The topological polar surface area (TPSA) is 39.2 Å². The molecule has 2 nitrogen and oxygen atoms in total. The molecule has 0 aliphatic carbocycles. The number of hydrogen-bond acceptors (Lipinski definition) is 3. The maximum Gasteiger partial charge on any atom is 0.113 e. The van der Waals surface area contributed by atoms with Crippen LogP contribution in [0, 0.1) is 3.57 Å². The standard InChI is InChI=1S/C11H10INOS/c12-10-6-8(13)3-4-11(10)15-7-9-2-1-5-14-9/h1-6H,7,13H2. The van der Waals surface area contributed by atoms with Crippen molar-refractivity contribution in [2.45, 2.75) is 10.6 Å². The van der Waals surface area contributed by atoms with Crippen molar-refractivity contribution >= 4 is 40.0 Å².